The Bertz CT molecular complexity index is 568. The van der Waals surface area contributed by atoms with E-state index in [0.29, 0.717) is 18.0 Å². The monoisotopic (exact) mass is 336 g/mol. The largest absolute Gasteiger partial charge is 0.396 e. The molecule has 1 aromatic heterocycles. The maximum Gasteiger partial charge on any atom is 0.257 e. The van der Waals surface area contributed by atoms with Crippen LogP contribution in [-0.4, -0.2) is 83.1 Å². The summed E-state index contributed by atoms with van der Waals surface area (Å²) in [5.74, 6) is 0.589. The molecule has 3 heterocycles. The van der Waals surface area contributed by atoms with E-state index in [1.54, 1.807) is 10.9 Å². The average molecular weight is 336 g/mol. The molecule has 2 saturated heterocycles. The Morgan fingerprint density at radius 1 is 1.33 bits per heavy atom. The van der Waals surface area contributed by atoms with Crippen LogP contribution in [-0.2, 0) is 11.8 Å². The summed E-state index contributed by atoms with van der Waals surface area (Å²) in [7, 11) is 1.83. The summed E-state index contributed by atoms with van der Waals surface area (Å²) in [6.07, 6.45) is 2.76. The zero-order valence-corrected chi connectivity index (χ0v) is 14.6. The fourth-order valence-electron chi connectivity index (χ4n) is 3.88. The van der Waals surface area contributed by atoms with Gasteiger partial charge in [0.15, 0.2) is 0 Å². The number of aliphatic hydroxyl groups is 1. The van der Waals surface area contributed by atoms with E-state index in [2.05, 4.69) is 10.00 Å². The molecular weight excluding hydrogens is 308 g/mol. The number of rotatable bonds is 4. The SMILES string of the molecule is Cc1nn(C)cc1C(=O)N1C[C@@H](CO)C[C@@H](CN2CCOCC2)C1. The predicted octanol–water partition coefficient (Wildman–Crippen LogP) is 0.131. The maximum absolute atomic E-state index is 12.9. The van der Waals surface area contributed by atoms with Crippen molar-refractivity contribution in [3.8, 4) is 0 Å². The number of carbonyl (C=O) groups is 1. The molecule has 24 heavy (non-hydrogen) atoms. The molecule has 1 N–H and O–H groups in total. The van der Waals surface area contributed by atoms with E-state index in [-0.39, 0.29) is 18.4 Å². The van der Waals surface area contributed by atoms with Crippen molar-refractivity contribution in [2.75, 3.05) is 52.5 Å². The summed E-state index contributed by atoms with van der Waals surface area (Å²) < 4.78 is 7.09. The second-order valence-electron chi connectivity index (χ2n) is 7.08. The minimum absolute atomic E-state index is 0.0331. The van der Waals surface area contributed by atoms with Gasteiger partial charge in [0.05, 0.1) is 24.5 Å². The smallest absolute Gasteiger partial charge is 0.257 e. The number of piperidine rings is 1. The molecule has 0 aliphatic carbocycles. The number of likely N-dealkylation sites (tertiary alicyclic amines) is 1. The molecule has 3 rings (SSSR count). The summed E-state index contributed by atoms with van der Waals surface area (Å²) in [5, 5.41) is 13.9. The van der Waals surface area contributed by atoms with Crippen LogP contribution < -0.4 is 0 Å². The number of aliphatic hydroxyl groups excluding tert-OH is 1. The van der Waals surface area contributed by atoms with E-state index in [1.807, 2.05) is 18.9 Å². The lowest BCUT2D eigenvalue weighted by atomic mass is 9.88. The number of aromatic nitrogens is 2. The van der Waals surface area contributed by atoms with Gasteiger partial charge in [0.2, 0.25) is 0 Å². The lowest BCUT2D eigenvalue weighted by Crippen LogP contribution is -2.49. The van der Waals surface area contributed by atoms with E-state index in [1.165, 1.54) is 0 Å². The zero-order valence-electron chi connectivity index (χ0n) is 14.6. The molecule has 1 aromatic rings. The lowest BCUT2D eigenvalue weighted by molar-refractivity contribution is 0.0130. The number of amides is 1. The van der Waals surface area contributed by atoms with E-state index < -0.39 is 0 Å². The van der Waals surface area contributed by atoms with Crippen LogP contribution in [0.2, 0.25) is 0 Å². The Labute approximate surface area is 143 Å². The second kappa shape index (κ2) is 7.63. The Hall–Kier alpha value is -1.44. The average Bonchev–Trinajstić information content (AvgIpc) is 2.93. The minimum Gasteiger partial charge on any atom is -0.396 e. The highest BCUT2D eigenvalue weighted by molar-refractivity contribution is 5.95. The quantitative estimate of drug-likeness (QED) is 0.846. The molecule has 0 unspecified atom stereocenters. The van der Waals surface area contributed by atoms with Gasteiger partial charge < -0.3 is 14.7 Å². The van der Waals surface area contributed by atoms with Gasteiger partial charge in [-0.1, -0.05) is 0 Å². The molecule has 0 bridgehead atoms. The standard InChI is InChI=1S/C17H28N4O3/c1-13-16(11-19(2)18-13)17(23)21-9-14(7-15(10-21)12-22)8-20-3-5-24-6-4-20/h11,14-15,22H,3-10,12H2,1-2H3/t14-,15-/m0/s1. The first kappa shape index (κ1) is 17.4. The molecule has 0 radical (unpaired) electrons. The summed E-state index contributed by atoms with van der Waals surface area (Å²) in [4.78, 5) is 17.2. The Balaban J connectivity index is 1.68. The number of hydrogen-bond acceptors (Lipinski definition) is 5. The van der Waals surface area contributed by atoms with Gasteiger partial charge in [-0.25, -0.2) is 0 Å². The number of aryl methyl sites for hydroxylation is 2. The Morgan fingerprint density at radius 2 is 2.04 bits per heavy atom. The number of carbonyl (C=O) groups excluding carboxylic acids is 1. The topological polar surface area (TPSA) is 70.8 Å². The molecule has 2 aliphatic heterocycles. The van der Waals surface area contributed by atoms with Crippen molar-refractivity contribution < 1.29 is 14.6 Å². The Morgan fingerprint density at radius 3 is 2.67 bits per heavy atom. The van der Waals surface area contributed by atoms with Crippen LogP contribution in [0.5, 0.6) is 0 Å². The number of hydrogen-bond donors (Lipinski definition) is 1. The molecule has 7 nitrogen and oxygen atoms in total. The van der Waals surface area contributed by atoms with Gasteiger partial charge in [-0.15, -0.1) is 0 Å². The van der Waals surface area contributed by atoms with Crippen molar-refractivity contribution in [3.05, 3.63) is 17.5 Å². The van der Waals surface area contributed by atoms with Crippen molar-refractivity contribution in [2.45, 2.75) is 13.3 Å². The molecule has 0 saturated carbocycles. The van der Waals surface area contributed by atoms with Crippen molar-refractivity contribution in [1.82, 2.24) is 19.6 Å². The van der Waals surface area contributed by atoms with Crippen LogP contribution in [0.4, 0.5) is 0 Å². The minimum atomic E-state index is 0.0331. The molecule has 0 spiro atoms. The molecule has 2 fully saturated rings. The van der Waals surface area contributed by atoms with Gasteiger partial charge in [-0.2, -0.15) is 5.10 Å². The first-order chi connectivity index (χ1) is 11.6. The highest BCUT2D eigenvalue weighted by atomic mass is 16.5. The third-order valence-corrected chi connectivity index (χ3v) is 5.03. The summed E-state index contributed by atoms with van der Waals surface area (Å²) >= 11 is 0. The summed E-state index contributed by atoms with van der Waals surface area (Å²) in [6, 6.07) is 0. The highest BCUT2D eigenvalue weighted by Gasteiger charge is 2.32. The van der Waals surface area contributed by atoms with E-state index in [9.17, 15) is 9.90 Å². The van der Waals surface area contributed by atoms with Gasteiger partial charge in [-0.3, -0.25) is 14.4 Å². The Kier molecular flexibility index (Phi) is 5.53. The van der Waals surface area contributed by atoms with Crippen molar-refractivity contribution in [1.29, 1.82) is 0 Å². The zero-order chi connectivity index (χ0) is 17.1. The third kappa shape index (κ3) is 3.96. The van der Waals surface area contributed by atoms with E-state index >= 15 is 0 Å². The van der Waals surface area contributed by atoms with Gasteiger partial charge in [0, 0.05) is 52.6 Å². The van der Waals surface area contributed by atoms with E-state index in [4.69, 9.17) is 4.74 Å². The van der Waals surface area contributed by atoms with Crippen LogP contribution >= 0.6 is 0 Å². The molecule has 7 heteroatoms. The van der Waals surface area contributed by atoms with Gasteiger partial charge in [0.1, 0.15) is 0 Å². The van der Waals surface area contributed by atoms with Gasteiger partial charge in [-0.05, 0) is 25.2 Å². The molecule has 2 aliphatic rings. The van der Waals surface area contributed by atoms with E-state index in [0.717, 1.165) is 51.5 Å². The fraction of sp³-hybridized carbons (Fsp3) is 0.765. The number of morpholine rings is 1. The second-order valence-corrected chi connectivity index (χ2v) is 7.08. The molecular formula is C17H28N4O3. The summed E-state index contributed by atoms with van der Waals surface area (Å²) in [6.45, 7) is 7.83. The molecule has 1 amide bonds. The first-order valence-electron chi connectivity index (χ1n) is 8.77. The summed E-state index contributed by atoms with van der Waals surface area (Å²) in [5.41, 5.74) is 1.43. The van der Waals surface area contributed by atoms with Gasteiger partial charge >= 0.3 is 0 Å². The van der Waals surface area contributed by atoms with Crippen LogP contribution in [0, 0.1) is 18.8 Å². The fourth-order valence-corrected chi connectivity index (χ4v) is 3.88. The predicted molar refractivity (Wildman–Crippen MR) is 89.8 cm³/mol. The van der Waals surface area contributed by atoms with Crippen molar-refractivity contribution in [3.63, 3.8) is 0 Å². The van der Waals surface area contributed by atoms with Crippen LogP contribution in [0.3, 0.4) is 0 Å². The van der Waals surface area contributed by atoms with Crippen LogP contribution in [0.1, 0.15) is 22.5 Å². The highest BCUT2D eigenvalue weighted by Crippen LogP contribution is 2.25. The van der Waals surface area contributed by atoms with Gasteiger partial charge in [0.25, 0.3) is 5.91 Å². The first-order valence-corrected chi connectivity index (χ1v) is 8.77. The lowest BCUT2D eigenvalue weighted by Gasteiger charge is -2.40. The third-order valence-electron chi connectivity index (χ3n) is 5.03. The normalized spacial score (nSPS) is 25.9. The van der Waals surface area contributed by atoms with Crippen molar-refractivity contribution in [2.24, 2.45) is 18.9 Å². The molecule has 0 aromatic carbocycles. The van der Waals surface area contributed by atoms with Crippen LogP contribution in [0.15, 0.2) is 6.20 Å². The maximum atomic E-state index is 12.9. The molecule has 2 atom stereocenters. The number of nitrogens with zero attached hydrogens (tertiary/aromatic N) is 4. The van der Waals surface area contributed by atoms with Crippen molar-refractivity contribution >= 4 is 5.91 Å². The molecule has 134 valence electrons. The number of ether oxygens (including phenoxy) is 1. The van der Waals surface area contributed by atoms with Crippen LogP contribution in [0.25, 0.3) is 0 Å².